The van der Waals surface area contributed by atoms with Crippen molar-refractivity contribution in [3.63, 3.8) is 0 Å². The molecule has 0 aliphatic rings. The van der Waals surface area contributed by atoms with E-state index in [0.717, 1.165) is 65.5 Å². The molecule has 2 aromatic heterocycles. The molecule has 1 N–H and O–H groups in total. The van der Waals surface area contributed by atoms with E-state index in [-0.39, 0.29) is 47.9 Å². The van der Waals surface area contributed by atoms with E-state index in [2.05, 4.69) is 110 Å². The molecule has 0 fully saturated rings. The van der Waals surface area contributed by atoms with Crippen molar-refractivity contribution in [1.29, 1.82) is 0 Å². The molecular formula is C50H66IrNO3-. The first-order chi connectivity index (χ1) is 25.2. The molecule has 0 aliphatic carbocycles. The predicted octanol–water partition coefficient (Wildman–Crippen LogP) is 14.5. The van der Waals surface area contributed by atoms with E-state index in [0.29, 0.717) is 11.6 Å². The molecule has 0 aliphatic heterocycles. The predicted molar refractivity (Wildman–Crippen MR) is 231 cm³/mol. The summed E-state index contributed by atoms with van der Waals surface area (Å²) in [5.41, 5.74) is 10.9. The van der Waals surface area contributed by atoms with Crippen LogP contribution in [0.15, 0.2) is 64.8 Å². The van der Waals surface area contributed by atoms with Crippen molar-refractivity contribution in [2.75, 3.05) is 0 Å². The summed E-state index contributed by atoms with van der Waals surface area (Å²) in [5.74, 6) is 1.84. The molecule has 4 nitrogen and oxygen atoms in total. The van der Waals surface area contributed by atoms with Crippen LogP contribution >= 0.6 is 0 Å². The van der Waals surface area contributed by atoms with E-state index in [1.807, 2.05) is 48.5 Å². The Kier molecular flexibility index (Phi) is 15.1. The van der Waals surface area contributed by atoms with Crippen LogP contribution < -0.4 is 0 Å². The van der Waals surface area contributed by atoms with Gasteiger partial charge in [0.25, 0.3) is 0 Å². The molecule has 0 bridgehead atoms. The van der Waals surface area contributed by atoms with Crippen molar-refractivity contribution < 1.29 is 34.4 Å². The first kappa shape index (κ1) is 45.9. The third kappa shape index (κ3) is 9.89. The minimum atomic E-state index is -0.337. The molecule has 5 aromatic rings. The van der Waals surface area contributed by atoms with Crippen LogP contribution in [-0.4, -0.2) is 15.9 Å². The molecule has 0 saturated heterocycles. The fourth-order valence-electron chi connectivity index (χ4n) is 7.43. The maximum Gasteiger partial charge on any atom is 0.220 e. The number of carbonyl (C=O) groups is 1. The molecule has 0 unspecified atom stereocenters. The quantitative estimate of drug-likeness (QED) is 0.0814. The number of hydrogen-bond donors (Lipinski definition) is 1. The molecule has 0 saturated carbocycles. The van der Waals surface area contributed by atoms with E-state index in [9.17, 15) is 9.90 Å². The minimum absolute atomic E-state index is 0. The Morgan fingerprint density at radius 3 is 1.95 bits per heavy atom. The number of allylic oxidation sites excluding steroid dienone is 2. The molecule has 299 valence electrons. The number of fused-ring (bicyclic) bond motifs is 2. The van der Waals surface area contributed by atoms with E-state index < -0.39 is 0 Å². The molecular weight excluding hydrogens is 855 g/mol. The number of rotatable bonds is 11. The summed E-state index contributed by atoms with van der Waals surface area (Å²) < 4.78 is 6.24. The number of ketones is 1. The van der Waals surface area contributed by atoms with Crippen LogP contribution in [0.5, 0.6) is 0 Å². The third-order valence-corrected chi connectivity index (χ3v) is 12.1. The topological polar surface area (TPSA) is 63.3 Å². The van der Waals surface area contributed by atoms with Gasteiger partial charge in [-0.1, -0.05) is 124 Å². The molecule has 0 spiro atoms. The number of carbonyl (C=O) groups excluding carboxylic acids is 1. The molecule has 2 heterocycles. The molecule has 55 heavy (non-hydrogen) atoms. The molecule has 5 rings (SSSR count). The van der Waals surface area contributed by atoms with E-state index in [4.69, 9.17) is 9.40 Å². The number of pyridine rings is 1. The summed E-state index contributed by atoms with van der Waals surface area (Å²) in [6, 6.07) is 21.5. The number of nitrogens with zero attached hydrogens (tertiary/aromatic N) is 1. The maximum atomic E-state index is 12.2. The molecule has 3 aromatic carbocycles. The third-order valence-electron chi connectivity index (χ3n) is 12.1. The Labute approximate surface area is 346 Å². The van der Waals surface area contributed by atoms with Crippen molar-refractivity contribution in [3.8, 4) is 22.4 Å². The van der Waals surface area contributed by atoms with Crippen LogP contribution in [0, 0.1) is 50.5 Å². The molecule has 0 atom stereocenters. The molecule has 5 heteroatoms. The van der Waals surface area contributed by atoms with Crippen LogP contribution in [-0.2, 0) is 36.7 Å². The number of benzene rings is 3. The van der Waals surface area contributed by atoms with Gasteiger partial charge in [0.05, 0.1) is 0 Å². The van der Waals surface area contributed by atoms with Gasteiger partial charge >= 0.3 is 0 Å². The monoisotopic (exact) mass is 921 g/mol. The van der Waals surface area contributed by atoms with Gasteiger partial charge in [-0.15, -0.1) is 29.1 Å². The summed E-state index contributed by atoms with van der Waals surface area (Å²) in [5, 5.41) is 13.6. The standard InChI is InChI=1S/C35H38NO.C15H28O2.Ir/c1-20(2)14-25-15-21(3)32(22(4)16-25)29-19-31(36-34-33(29)23(5)24(6)37-34)27-17-26-12-10-11-13-28(26)30(18-27)35(7,8)9;1-7-14(5,8-2)12(16)11-13(17)15(6,9-3)10-4;/h10-13,15-16,18-20H,14H2,1-9H3;11,16H,7-10H2,1-6H3;/q-1;;/b;12-11-;. The second kappa shape index (κ2) is 18.2. The Morgan fingerprint density at radius 1 is 0.855 bits per heavy atom. The second-order valence-electron chi connectivity index (χ2n) is 17.5. The minimum Gasteiger partial charge on any atom is -0.512 e. The van der Waals surface area contributed by atoms with Crippen molar-refractivity contribution in [2.24, 2.45) is 16.7 Å². The SMILES string of the molecule is CCC(C)(CC)C(=O)/C=C(\O)C(C)(CC)CC.Cc1cc(CC(C)C)cc(C)c1-c1cc(-c2[c-]c3ccccc3c(C(C)(C)C)c2)nc2oc(C)c(C)c12.[Ir]. The Morgan fingerprint density at radius 2 is 1.42 bits per heavy atom. The van der Waals surface area contributed by atoms with Gasteiger partial charge in [-0.2, -0.15) is 0 Å². The second-order valence-corrected chi connectivity index (χ2v) is 17.5. The van der Waals surface area contributed by atoms with Crippen molar-refractivity contribution in [3.05, 3.63) is 100 Å². The smallest absolute Gasteiger partial charge is 0.220 e. The number of aliphatic hydroxyl groups excluding tert-OH is 1. The van der Waals surface area contributed by atoms with Gasteiger partial charge in [-0.25, -0.2) is 0 Å². The van der Waals surface area contributed by atoms with Crippen molar-refractivity contribution in [1.82, 2.24) is 4.98 Å². The number of aliphatic hydroxyl groups is 1. The van der Waals surface area contributed by atoms with Crippen LogP contribution in [0.2, 0.25) is 0 Å². The number of hydrogen-bond acceptors (Lipinski definition) is 4. The first-order valence-corrected chi connectivity index (χ1v) is 20.2. The molecule has 0 amide bonds. The maximum absolute atomic E-state index is 12.2. The number of furan rings is 1. The Bertz CT molecular complexity index is 2130. The Balaban J connectivity index is 0.000000385. The number of aryl methyl sites for hydroxylation is 4. The zero-order valence-electron chi connectivity index (χ0n) is 36.4. The summed E-state index contributed by atoms with van der Waals surface area (Å²) in [7, 11) is 0. The Hall–Kier alpha value is -3.53. The van der Waals surface area contributed by atoms with Gasteiger partial charge in [-0.05, 0) is 98.9 Å². The average molecular weight is 921 g/mol. The number of aromatic nitrogens is 1. The fraction of sp³-hybridized carbons (Fsp3) is 0.480. The fourth-order valence-corrected chi connectivity index (χ4v) is 7.43. The zero-order valence-corrected chi connectivity index (χ0v) is 38.7. The molecule has 1 radical (unpaired) electrons. The van der Waals surface area contributed by atoms with Crippen LogP contribution in [0.1, 0.15) is 135 Å². The largest absolute Gasteiger partial charge is 0.512 e. The summed E-state index contributed by atoms with van der Waals surface area (Å²) in [4.78, 5) is 17.2. The normalized spacial score (nSPS) is 12.5. The van der Waals surface area contributed by atoms with Gasteiger partial charge in [0, 0.05) is 53.7 Å². The van der Waals surface area contributed by atoms with Gasteiger partial charge < -0.3 is 9.52 Å². The summed E-state index contributed by atoms with van der Waals surface area (Å²) in [6.07, 6.45) is 5.84. The van der Waals surface area contributed by atoms with Gasteiger partial charge in [0.15, 0.2) is 5.78 Å². The van der Waals surface area contributed by atoms with Crippen LogP contribution in [0.4, 0.5) is 0 Å². The van der Waals surface area contributed by atoms with Gasteiger partial charge in [-0.3, -0.25) is 9.78 Å². The van der Waals surface area contributed by atoms with Crippen molar-refractivity contribution >= 4 is 27.7 Å². The summed E-state index contributed by atoms with van der Waals surface area (Å²) in [6.45, 7) is 32.1. The average Bonchev–Trinajstić information content (AvgIpc) is 3.41. The van der Waals surface area contributed by atoms with E-state index in [1.165, 1.54) is 44.8 Å². The van der Waals surface area contributed by atoms with Gasteiger partial charge in [0.1, 0.15) is 11.5 Å². The first-order valence-electron chi connectivity index (χ1n) is 20.2. The van der Waals surface area contributed by atoms with Crippen molar-refractivity contribution in [2.45, 2.75) is 141 Å². The van der Waals surface area contributed by atoms with Gasteiger partial charge in [0.2, 0.25) is 5.71 Å². The summed E-state index contributed by atoms with van der Waals surface area (Å²) >= 11 is 0. The van der Waals surface area contributed by atoms with E-state index in [1.54, 1.807) is 0 Å². The van der Waals surface area contributed by atoms with E-state index >= 15 is 0 Å². The zero-order chi connectivity index (χ0) is 40.3. The van der Waals surface area contributed by atoms with Crippen LogP contribution in [0.25, 0.3) is 44.3 Å². The van der Waals surface area contributed by atoms with Crippen LogP contribution in [0.3, 0.4) is 0 Å².